The van der Waals surface area contributed by atoms with E-state index in [1.165, 1.54) is 0 Å². The fourth-order valence-electron chi connectivity index (χ4n) is 2.80. The summed E-state index contributed by atoms with van der Waals surface area (Å²) in [5, 5.41) is 2.97. The monoisotopic (exact) mass is 417 g/mol. The Hall–Kier alpha value is -1.11. The lowest BCUT2D eigenvalue weighted by Gasteiger charge is -2.32. The van der Waals surface area contributed by atoms with Gasteiger partial charge >= 0.3 is 0 Å². The highest BCUT2D eigenvalue weighted by molar-refractivity contribution is 9.10. The summed E-state index contributed by atoms with van der Waals surface area (Å²) in [6, 6.07) is 7.47. The highest BCUT2D eigenvalue weighted by Crippen LogP contribution is 2.21. The zero-order chi connectivity index (χ0) is 17.0. The first-order valence-corrected chi connectivity index (χ1v) is 8.68. The molecular formula is C17H25BrClN3O2. The van der Waals surface area contributed by atoms with E-state index in [2.05, 4.69) is 21.2 Å². The van der Waals surface area contributed by atoms with Crippen LogP contribution in [-0.4, -0.2) is 36.3 Å². The zero-order valence-corrected chi connectivity index (χ0v) is 16.5. The largest absolute Gasteiger partial charge is 0.354 e. The van der Waals surface area contributed by atoms with E-state index >= 15 is 0 Å². The van der Waals surface area contributed by atoms with Gasteiger partial charge in [0.25, 0.3) is 0 Å². The van der Waals surface area contributed by atoms with Crippen molar-refractivity contribution in [3.63, 3.8) is 0 Å². The highest BCUT2D eigenvalue weighted by Gasteiger charge is 2.31. The minimum atomic E-state index is -1.05. The Kier molecular flexibility index (Phi) is 7.70. The van der Waals surface area contributed by atoms with Crippen molar-refractivity contribution in [2.75, 3.05) is 19.6 Å². The Morgan fingerprint density at radius 1 is 1.29 bits per heavy atom. The second-order valence-electron chi connectivity index (χ2n) is 6.37. The molecule has 1 aliphatic heterocycles. The Morgan fingerprint density at radius 3 is 2.33 bits per heavy atom. The van der Waals surface area contributed by atoms with Gasteiger partial charge in [0, 0.05) is 31.0 Å². The number of nitrogens with one attached hydrogen (secondary N) is 1. The standard InChI is InChI=1S/C17H24BrN3O2.ClH/c1-12(22)21-9-7-13(8-10-21)11-20-16(23)17(2,19)14-3-5-15(18)6-4-14;/h3-6,13H,7-11,19H2,1-2H3,(H,20,23);1H. The number of hydrogen-bond donors (Lipinski definition) is 2. The molecule has 0 aromatic heterocycles. The van der Waals surface area contributed by atoms with E-state index in [1.807, 2.05) is 29.2 Å². The van der Waals surface area contributed by atoms with Gasteiger partial charge in [-0.15, -0.1) is 12.4 Å². The lowest BCUT2D eigenvalue weighted by atomic mass is 9.91. The lowest BCUT2D eigenvalue weighted by Crippen LogP contribution is -2.50. The van der Waals surface area contributed by atoms with E-state index in [0.717, 1.165) is 36.0 Å². The Labute approximate surface area is 157 Å². The average Bonchev–Trinajstić information content (AvgIpc) is 2.53. The molecular weight excluding hydrogens is 394 g/mol. The molecule has 1 unspecified atom stereocenters. The molecule has 1 saturated heterocycles. The molecule has 1 fully saturated rings. The molecule has 0 spiro atoms. The van der Waals surface area contributed by atoms with E-state index in [0.29, 0.717) is 12.5 Å². The van der Waals surface area contributed by atoms with Gasteiger partial charge in [-0.25, -0.2) is 0 Å². The molecule has 0 saturated carbocycles. The summed E-state index contributed by atoms with van der Waals surface area (Å²) < 4.78 is 0.953. The molecule has 24 heavy (non-hydrogen) atoms. The topological polar surface area (TPSA) is 75.4 Å². The van der Waals surface area contributed by atoms with Gasteiger partial charge in [0.15, 0.2) is 0 Å². The van der Waals surface area contributed by atoms with Crippen molar-refractivity contribution in [2.24, 2.45) is 11.7 Å². The molecule has 1 aromatic carbocycles. The lowest BCUT2D eigenvalue weighted by molar-refractivity contribution is -0.130. The minimum Gasteiger partial charge on any atom is -0.354 e. The number of hydrogen-bond acceptors (Lipinski definition) is 3. The van der Waals surface area contributed by atoms with Crippen LogP contribution in [0.5, 0.6) is 0 Å². The van der Waals surface area contributed by atoms with Gasteiger partial charge in [0.05, 0.1) is 0 Å². The zero-order valence-electron chi connectivity index (χ0n) is 14.0. The Balaban J connectivity index is 0.00000288. The third-order valence-electron chi connectivity index (χ3n) is 4.53. The van der Waals surface area contributed by atoms with Crippen LogP contribution in [0.3, 0.4) is 0 Å². The van der Waals surface area contributed by atoms with E-state index in [4.69, 9.17) is 5.73 Å². The average molecular weight is 419 g/mol. The summed E-state index contributed by atoms with van der Waals surface area (Å²) in [6.07, 6.45) is 1.83. The molecule has 5 nitrogen and oxygen atoms in total. The summed E-state index contributed by atoms with van der Waals surface area (Å²) in [7, 11) is 0. The number of likely N-dealkylation sites (tertiary alicyclic amines) is 1. The molecule has 134 valence electrons. The number of amides is 2. The number of carbonyl (C=O) groups excluding carboxylic acids is 2. The third-order valence-corrected chi connectivity index (χ3v) is 5.06. The number of carbonyl (C=O) groups is 2. The summed E-state index contributed by atoms with van der Waals surface area (Å²) in [6.45, 7) is 5.46. The normalized spacial score (nSPS) is 17.6. The van der Waals surface area contributed by atoms with Gasteiger partial charge in [-0.3, -0.25) is 9.59 Å². The van der Waals surface area contributed by atoms with E-state index in [9.17, 15) is 9.59 Å². The van der Waals surface area contributed by atoms with Gasteiger partial charge in [0.1, 0.15) is 5.54 Å². The third kappa shape index (κ3) is 5.19. The number of halogens is 2. The molecule has 2 amide bonds. The molecule has 1 aromatic rings. The Bertz CT molecular complexity index is 570. The van der Waals surface area contributed by atoms with Crippen LogP contribution in [0.15, 0.2) is 28.7 Å². The second kappa shape index (κ2) is 8.83. The smallest absolute Gasteiger partial charge is 0.244 e. The highest BCUT2D eigenvalue weighted by atomic mass is 79.9. The molecule has 0 aliphatic carbocycles. The van der Waals surface area contributed by atoms with Crippen LogP contribution in [0.4, 0.5) is 0 Å². The minimum absolute atomic E-state index is 0. The maximum absolute atomic E-state index is 12.5. The number of piperidine rings is 1. The molecule has 1 heterocycles. The summed E-state index contributed by atoms with van der Waals surface area (Å²) in [4.78, 5) is 25.6. The molecule has 0 bridgehead atoms. The number of benzene rings is 1. The predicted octanol–water partition coefficient (Wildman–Crippen LogP) is 2.42. The fourth-order valence-corrected chi connectivity index (χ4v) is 3.06. The van der Waals surface area contributed by atoms with Gasteiger partial charge in [-0.1, -0.05) is 28.1 Å². The maximum atomic E-state index is 12.5. The summed E-state index contributed by atoms with van der Waals surface area (Å²) in [5.74, 6) is 0.348. The molecule has 2 rings (SSSR count). The van der Waals surface area contributed by atoms with Gasteiger partial charge in [-0.2, -0.15) is 0 Å². The van der Waals surface area contributed by atoms with E-state index < -0.39 is 5.54 Å². The molecule has 7 heteroatoms. The molecule has 0 radical (unpaired) electrons. The van der Waals surface area contributed by atoms with Gasteiger partial charge < -0.3 is 16.0 Å². The van der Waals surface area contributed by atoms with Crippen LogP contribution in [0.1, 0.15) is 32.3 Å². The number of nitrogens with two attached hydrogens (primary N) is 1. The van der Waals surface area contributed by atoms with Crippen molar-refractivity contribution >= 4 is 40.2 Å². The summed E-state index contributed by atoms with van der Waals surface area (Å²) in [5.41, 5.74) is 5.96. The van der Waals surface area contributed by atoms with Crippen LogP contribution >= 0.6 is 28.3 Å². The summed E-state index contributed by atoms with van der Waals surface area (Å²) >= 11 is 3.38. The van der Waals surface area contributed by atoms with Crippen molar-refractivity contribution in [1.82, 2.24) is 10.2 Å². The molecule has 3 N–H and O–H groups in total. The first kappa shape index (κ1) is 20.9. The molecule has 1 aliphatic rings. The fraction of sp³-hybridized carbons (Fsp3) is 0.529. The number of nitrogens with zero attached hydrogens (tertiary/aromatic N) is 1. The van der Waals surface area contributed by atoms with Crippen molar-refractivity contribution in [3.8, 4) is 0 Å². The van der Waals surface area contributed by atoms with Crippen LogP contribution in [-0.2, 0) is 15.1 Å². The van der Waals surface area contributed by atoms with Crippen LogP contribution in [0, 0.1) is 5.92 Å². The van der Waals surface area contributed by atoms with E-state index in [-0.39, 0.29) is 24.2 Å². The molecule has 1 atom stereocenters. The van der Waals surface area contributed by atoms with Crippen molar-refractivity contribution < 1.29 is 9.59 Å². The van der Waals surface area contributed by atoms with Crippen molar-refractivity contribution in [1.29, 1.82) is 0 Å². The van der Waals surface area contributed by atoms with Crippen LogP contribution in [0.25, 0.3) is 0 Å². The first-order valence-electron chi connectivity index (χ1n) is 7.89. The van der Waals surface area contributed by atoms with Crippen molar-refractivity contribution in [3.05, 3.63) is 34.3 Å². The van der Waals surface area contributed by atoms with Gasteiger partial charge in [-0.05, 0) is 43.4 Å². The second-order valence-corrected chi connectivity index (χ2v) is 7.28. The Morgan fingerprint density at radius 2 is 1.83 bits per heavy atom. The SMILES string of the molecule is CC(=O)N1CCC(CNC(=O)C(C)(N)c2ccc(Br)cc2)CC1.Cl. The van der Waals surface area contributed by atoms with Crippen molar-refractivity contribution in [2.45, 2.75) is 32.2 Å². The van der Waals surface area contributed by atoms with Gasteiger partial charge in [0.2, 0.25) is 11.8 Å². The predicted molar refractivity (Wildman–Crippen MR) is 101 cm³/mol. The van der Waals surface area contributed by atoms with Crippen LogP contribution in [0.2, 0.25) is 0 Å². The number of rotatable bonds is 4. The van der Waals surface area contributed by atoms with Crippen LogP contribution < -0.4 is 11.1 Å². The quantitative estimate of drug-likeness (QED) is 0.788. The van der Waals surface area contributed by atoms with E-state index in [1.54, 1.807) is 13.8 Å². The first-order chi connectivity index (χ1) is 10.8. The maximum Gasteiger partial charge on any atom is 0.244 e.